The van der Waals surface area contributed by atoms with Gasteiger partial charge in [-0.25, -0.2) is 0 Å². The first-order chi connectivity index (χ1) is 8.22. The molecular formula is C14H19ClO2. The van der Waals surface area contributed by atoms with Gasteiger partial charge in [0.2, 0.25) is 0 Å². The van der Waals surface area contributed by atoms with Gasteiger partial charge in [0, 0.05) is 18.1 Å². The topological polar surface area (TPSA) is 18.5 Å². The molecule has 0 amide bonds. The van der Waals surface area contributed by atoms with E-state index in [-0.39, 0.29) is 5.38 Å². The van der Waals surface area contributed by atoms with Gasteiger partial charge in [-0.3, -0.25) is 0 Å². The predicted octanol–water partition coefficient (Wildman–Crippen LogP) is 3.71. The smallest absolute Gasteiger partial charge is 0.123 e. The summed E-state index contributed by atoms with van der Waals surface area (Å²) in [5.74, 6) is 1.27. The quantitative estimate of drug-likeness (QED) is 0.766. The highest BCUT2D eigenvalue weighted by Crippen LogP contribution is 2.39. The fraction of sp³-hybridized carbons (Fsp3) is 0.571. The third-order valence-corrected chi connectivity index (χ3v) is 3.88. The Morgan fingerprint density at radius 2 is 2.29 bits per heavy atom. The van der Waals surface area contributed by atoms with Crippen molar-refractivity contribution in [2.75, 3.05) is 20.3 Å². The molecule has 0 saturated carbocycles. The van der Waals surface area contributed by atoms with Gasteiger partial charge in [0.05, 0.1) is 19.1 Å². The van der Waals surface area contributed by atoms with Crippen molar-refractivity contribution in [3.05, 3.63) is 29.3 Å². The van der Waals surface area contributed by atoms with Crippen molar-refractivity contribution in [1.82, 2.24) is 0 Å². The van der Waals surface area contributed by atoms with Gasteiger partial charge in [-0.15, -0.1) is 11.6 Å². The Labute approximate surface area is 108 Å². The monoisotopic (exact) mass is 254 g/mol. The zero-order valence-corrected chi connectivity index (χ0v) is 11.2. The van der Waals surface area contributed by atoms with Gasteiger partial charge in [-0.2, -0.15) is 0 Å². The molecule has 2 rings (SSSR count). The highest BCUT2D eigenvalue weighted by Gasteiger charge is 2.26. The van der Waals surface area contributed by atoms with Crippen LogP contribution in [0.4, 0.5) is 0 Å². The van der Waals surface area contributed by atoms with Gasteiger partial charge in [0.1, 0.15) is 5.75 Å². The number of rotatable bonds is 3. The zero-order chi connectivity index (χ0) is 12.3. The first-order valence-corrected chi connectivity index (χ1v) is 6.52. The van der Waals surface area contributed by atoms with E-state index in [1.807, 2.05) is 12.1 Å². The van der Waals surface area contributed by atoms with Crippen molar-refractivity contribution in [3.63, 3.8) is 0 Å². The third kappa shape index (κ3) is 2.93. The summed E-state index contributed by atoms with van der Waals surface area (Å²) in [6.45, 7) is 3.69. The molecule has 3 heteroatoms. The lowest BCUT2D eigenvalue weighted by Crippen LogP contribution is -2.21. The molecule has 0 radical (unpaired) electrons. The Morgan fingerprint density at radius 1 is 1.47 bits per heavy atom. The van der Waals surface area contributed by atoms with E-state index in [1.54, 1.807) is 7.11 Å². The molecule has 17 heavy (non-hydrogen) atoms. The fourth-order valence-corrected chi connectivity index (χ4v) is 2.69. The third-order valence-electron chi connectivity index (χ3n) is 3.29. The lowest BCUT2D eigenvalue weighted by Gasteiger charge is -2.27. The summed E-state index contributed by atoms with van der Waals surface area (Å²) in [6, 6.07) is 6.15. The summed E-state index contributed by atoms with van der Waals surface area (Å²) < 4.78 is 10.9. The Balaban J connectivity index is 2.21. The van der Waals surface area contributed by atoms with Crippen LogP contribution in [0.15, 0.2) is 18.2 Å². The number of hydrogen-bond donors (Lipinski definition) is 0. The van der Waals surface area contributed by atoms with E-state index in [0.717, 1.165) is 37.4 Å². The van der Waals surface area contributed by atoms with Gasteiger partial charge in [-0.05, 0) is 25.8 Å². The maximum absolute atomic E-state index is 6.58. The highest BCUT2D eigenvalue weighted by atomic mass is 35.5. The van der Waals surface area contributed by atoms with Gasteiger partial charge in [-0.1, -0.05) is 17.7 Å². The first-order valence-electron chi connectivity index (χ1n) is 6.08. The van der Waals surface area contributed by atoms with Crippen molar-refractivity contribution in [1.29, 1.82) is 0 Å². The summed E-state index contributed by atoms with van der Waals surface area (Å²) in [7, 11) is 1.69. The standard InChI is InChI=1S/C14H19ClO2/c1-10-5-6-13(16-2)12(8-10)14(15)11-4-3-7-17-9-11/h5-6,8,11,14H,3-4,7,9H2,1-2H3. The Morgan fingerprint density at radius 3 is 2.94 bits per heavy atom. The van der Waals surface area contributed by atoms with E-state index in [4.69, 9.17) is 21.1 Å². The lowest BCUT2D eigenvalue weighted by molar-refractivity contribution is 0.0529. The second kappa shape index (κ2) is 5.74. The van der Waals surface area contributed by atoms with E-state index in [1.165, 1.54) is 5.56 Å². The Hall–Kier alpha value is -0.730. The SMILES string of the molecule is COc1ccc(C)cc1C(Cl)C1CCCOC1. The number of methoxy groups -OCH3 is 1. The average molecular weight is 255 g/mol. The number of hydrogen-bond acceptors (Lipinski definition) is 2. The zero-order valence-electron chi connectivity index (χ0n) is 10.4. The van der Waals surface area contributed by atoms with Crippen LogP contribution in [0.1, 0.15) is 29.3 Å². The Kier molecular flexibility index (Phi) is 4.30. The highest BCUT2D eigenvalue weighted by molar-refractivity contribution is 6.21. The minimum Gasteiger partial charge on any atom is -0.496 e. The number of halogens is 1. The van der Waals surface area contributed by atoms with Crippen LogP contribution < -0.4 is 4.74 Å². The van der Waals surface area contributed by atoms with Crippen LogP contribution in [0.2, 0.25) is 0 Å². The van der Waals surface area contributed by atoms with Crippen LogP contribution in [0.3, 0.4) is 0 Å². The van der Waals surface area contributed by atoms with E-state index in [0.29, 0.717) is 5.92 Å². The summed E-state index contributed by atoms with van der Waals surface area (Å²) in [5, 5.41) is -0.0230. The maximum atomic E-state index is 6.58. The predicted molar refractivity (Wildman–Crippen MR) is 69.9 cm³/mol. The average Bonchev–Trinajstić information content (AvgIpc) is 2.39. The molecule has 0 spiro atoms. The molecular weight excluding hydrogens is 236 g/mol. The van der Waals surface area contributed by atoms with Crippen LogP contribution >= 0.6 is 11.6 Å². The van der Waals surface area contributed by atoms with Crippen molar-refractivity contribution < 1.29 is 9.47 Å². The number of alkyl halides is 1. The first kappa shape index (κ1) is 12.7. The molecule has 0 aromatic heterocycles. The van der Waals surface area contributed by atoms with Gasteiger partial charge < -0.3 is 9.47 Å². The molecule has 94 valence electrons. The van der Waals surface area contributed by atoms with Crippen LogP contribution in [0.5, 0.6) is 5.75 Å². The fourth-order valence-electron chi connectivity index (χ4n) is 2.32. The Bertz CT molecular complexity index is 372. The molecule has 1 aromatic rings. The van der Waals surface area contributed by atoms with Crippen molar-refractivity contribution >= 4 is 11.6 Å². The van der Waals surface area contributed by atoms with Gasteiger partial charge in [0.25, 0.3) is 0 Å². The molecule has 0 N–H and O–H groups in total. The molecule has 1 aromatic carbocycles. The van der Waals surface area contributed by atoms with Crippen LogP contribution in [0, 0.1) is 12.8 Å². The summed E-state index contributed by atoms with van der Waals surface area (Å²) in [6.07, 6.45) is 2.23. The second-order valence-electron chi connectivity index (χ2n) is 4.62. The molecule has 1 aliphatic heterocycles. The van der Waals surface area contributed by atoms with E-state index in [9.17, 15) is 0 Å². The number of ether oxygens (including phenoxy) is 2. The summed E-state index contributed by atoms with van der Waals surface area (Å²) in [5.41, 5.74) is 2.30. The molecule has 2 unspecified atom stereocenters. The van der Waals surface area contributed by atoms with Crippen molar-refractivity contribution in [2.45, 2.75) is 25.1 Å². The van der Waals surface area contributed by atoms with E-state index >= 15 is 0 Å². The summed E-state index contributed by atoms with van der Waals surface area (Å²) >= 11 is 6.58. The van der Waals surface area contributed by atoms with Crippen molar-refractivity contribution in [3.8, 4) is 5.75 Å². The van der Waals surface area contributed by atoms with Crippen molar-refractivity contribution in [2.24, 2.45) is 5.92 Å². The largest absolute Gasteiger partial charge is 0.496 e. The molecule has 1 aliphatic rings. The maximum Gasteiger partial charge on any atom is 0.123 e. The molecule has 1 saturated heterocycles. The normalized spacial score (nSPS) is 22.2. The van der Waals surface area contributed by atoms with Crippen LogP contribution in [-0.2, 0) is 4.74 Å². The molecule has 2 nitrogen and oxygen atoms in total. The minimum atomic E-state index is -0.0230. The van der Waals surface area contributed by atoms with Crippen LogP contribution in [0.25, 0.3) is 0 Å². The molecule has 1 fully saturated rings. The van der Waals surface area contributed by atoms with Gasteiger partial charge >= 0.3 is 0 Å². The summed E-state index contributed by atoms with van der Waals surface area (Å²) in [4.78, 5) is 0. The minimum absolute atomic E-state index is 0.0230. The molecule has 2 atom stereocenters. The van der Waals surface area contributed by atoms with E-state index in [2.05, 4.69) is 13.0 Å². The number of benzene rings is 1. The number of aryl methyl sites for hydroxylation is 1. The van der Waals surface area contributed by atoms with E-state index < -0.39 is 0 Å². The molecule has 0 bridgehead atoms. The lowest BCUT2D eigenvalue weighted by atomic mass is 9.92. The molecule has 1 heterocycles. The van der Waals surface area contributed by atoms with Gasteiger partial charge in [0.15, 0.2) is 0 Å². The second-order valence-corrected chi connectivity index (χ2v) is 5.09. The molecule has 0 aliphatic carbocycles. The van der Waals surface area contributed by atoms with Crippen LogP contribution in [-0.4, -0.2) is 20.3 Å².